The van der Waals surface area contributed by atoms with Gasteiger partial charge in [0.15, 0.2) is 0 Å². The van der Waals surface area contributed by atoms with E-state index in [9.17, 15) is 9.90 Å². The van der Waals surface area contributed by atoms with Crippen molar-refractivity contribution < 1.29 is 9.90 Å². The topological polar surface area (TPSA) is 40.5 Å². The number of amides is 1. The van der Waals surface area contributed by atoms with E-state index in [4.69, 9.17) is 11.6 Å². The van der Waals surface area contributed by atoms with E-state index >= 15 is 0 Å². The van der Waals surface area contributed by atoms with Crippen LogP contribution in [0.2, 0.25) is 5.02 Å². The highest BCUT2D eigenvalue weighted by Crippen LogP contribution is 2.23. The third-order valence-corrected chi connectivity index (χ3v) is 4.06. The Balaban J connectivity index is 1.99. The zero-order valence-electron chi connectivity index (χ0n) is 11.2. The molecule has 0 heterocycles. The quantitative estimate of drug-likeness (QED) is 0.925. The molecule has 1 amide bonds. The van der Waals surface area contributed by atoms with Crippen molar-refractivity contribution in [2.45, 2.75) is 44.2 Å². The number of rotatable bonds is 3. The van der Waals surface area contributed by atoms with Crippen molar-refractivity contribution in [1.29, 1.82) is 0 Å². The third kappa shape index (κ3) is 3.71. The smallest absolute Gasteiger partial charge is 0.227 e. The van der Waals surface area contributed by atoms with Crippen LogP contribution in [0.1, 0.15) is 31.2 Å². The minimum atomic E-state index is -0.387. The molecular weight excluding hydrogens is 262 g/mol. The summed E-state index contributed by atoms with van der Waals surface area (Å²) in [5.74, 6) is 0.0354. The lowest BCUT2D eigenvalue weighted by Gasteiger charge is -2.35. The summed E-state index contributed by atoms with van der Waals surface area (Å²) in [5.41, 5.74) is 0.912. The number of carbonyl (C=O) groups excluding carboxylic acids is 1. The van der Waals surface area contributed by atoms with E-state index < -0.39 is 0 Å². The fourth-order valence-corrected chi connectivity index (χ4v) is 2.89. The van der Waals surface area contributed by atoms with Gasteiger partial charge in [0.2, 0.25) is 5.91 Å². The van der Waals surface area contributed by atoms with Crippen molar-refractivity contribution in [3.05, 3.63) is 34.9 Å². The van der Waals surface area contributed by atoms with E-state index in [1.54, 1.807) is 18.0 Å². The summed E-state index contributed by atoms with van der Waals surface area (Å²) < 4.78 is 0. The van der Waals surface area contributed by atoms with E-state index in [2.05, 4.69) is 0 Å². The van der Waals surface area contributed by atoms with Crippen molar-refractivity contribution in [2.24, 2.45) is 0 Å². The van der Waals surface area contributed by atoms with Gasteiger partial charge in [-0.1, -0.05) is 36.6 Å². The Morgan fingerprint density at radius 1 is 1.42 bits per heavy atom. The van der Waals surface area contributed by atoms with Gasteiger partial charge in [0.05, 0.1) is 18.6 Å². The second kappa shape index (κ2) is 6.40. The number of hydrogen-bond donors (Lipinski definition) is 1. The summed E-state index contributed by atoms with van der Waals surface area (Å²) in [4.78, 5) is 13.9. The van der Waals surface area contributed by atoms with Crippen LogP contribution in [0.3, 0.4) is 0 Å². The Bertz CT molecular complexity index is 450. The minimum Gasteiger partial charge on any atom is -0.391 e. The van der Waals surface area contributed by atoms with Gasteiger partial charge in [-0.25, -0.2) is 0 Å². The molecule has 1 aliphatic carbocycles. The van der Waals surface area contributed by atoms with E-state index in [0.29, 0.717) is 11.4 Å². The van der Waals surface area contributed by atoms with E-state index in [-0.39, 0.29) is 18.1 Å². The second-order valence-corrected chi connectivity index (χ2v) is 5.67. The molecule has 1 N–H and O–H groups in total. The van der Waals surface area contributed by atoms with E-state index in [0.717, 1.165) is 31.2 Å². The molecule has 1 fully saturated rings. The average Bonchev–Trinajstić information content (AvgIpc) is 2.38. The molecule has 0 unspecified atom stereocenters. The van der Waals surface area contributed by atoms with Gasteiger partial charge in [0.1, 0.15) is 0 Å². The van der Waals surface area contributed by atoms with Gasteiger partial charge in [-0.2, -0.15) is 0 Å². The molecule has 3 nitrogen and oxygen atoms in total. The highest BCUT2D eigenvalue weighted by atomic mass is 35.5. The summed E-state index contributed by atoms with van der Waals surface area (Å²) in [6.45, 7) is 0. The van der Waals surface area contributed by atoms with Crippen LogP contribution in [-0.4, -0.2) is 35.1 Å². The van der Waals surface area contributed by atoms with Crippen LogP contribution in [0.25, 0.3) is 0 Å². The van der Waals surface area contributed by atoms with Gasteiger partial charge in [-0.3, -0.25) is 4.79 Å². The van der Waals surface area contributed by atoms with Gasteiger partial charge in [0.25, 0.3) is 0 Å². The second-order valence-electron chi connectivity index (χ2n) is 5.23. The number of aliphatic hydroxyl groups is 1. The van der Waals surface area contributed by atoms with Crippen LogP contribution < -0.4 is 0 Å². The molecule has 1 saturated carbocycles. The standard InChI is InChI=1S/C15H20ClNO2/c1-17(13-7-2-3-8-14(13)18)15(19)10-11-5-4-6-12(16)9-11/h4-6,9,13-14,18H,2-3,7-8,10H2,1H3/t13-,14+/m0/s1. The molecule has 4 heteroatoms. The minimum absolute atomic E-state index is 0.0354. The van der Waals surface area contributed by atoms with Gasteiger partial charge in [-0.05, 0) is 30.5 Å². The number of benzene rings is 1. The number of carbonyl (C=O) groups is 1. The summed E-state index contributed by atoms with van der Waals surface area (Å²) in [5, 5.41) is 10.6. The van der Waals surface area contributed by atoms with Crippen LogP contribution in [0, 0.1) is 0 Å². The summed E-state index contributed by atoms with van der Waals surface area (Å²) in [6, 6.07) is 7.31. The van der Waals surface area contributed by atoms with Crippen LogP contribution in [0.15, 0.2) is 24.3 Å². The number of nitrogens with zero attached hydrogens (tertiary/aromatic N) is 1. The monoisotopic (exact) mass is 281 g/mol. The molecule has 1 aromatic carbocycles. The number of likely N-dealkylation sites (N-methyl/N-ethyl adjacent to an activating group) is 1. The molecule has 1 aromatic rings. The molecule has 2 atom stereocenters. The van der Waals surface area contributed by atoms with Crippen molar-refractivity contribution >= 4 is 17.5 Å². The Labute approximate surface area is 119 Å². The summed E-state index contributed by atoms with van der Waals surface area (Å²) >= 11 is 5.91. The lowest BCUT2D eigenvalue weighted by Crippen LogP contribution is -2.46. The average molecular weight is 282 g/mol. The first-order valence-corrected chi connectivity index (χ1v) is 7.14. The molecule has 19 heavy (non-hydrogen) atoms. The van der Waals surface area contributed by atoms with Gasteiger partial charge in [0, 0.05) is 12.1 Å². The highest BCUT2D eigenvalue weighted by molar-refractivity contribution is 6.30. The fraction of sp³-hybridized carbons (Fsp3) is 0.533. The normalized spacial score (nSPS) is 23.1. The third-order valence-electron chi connectivity index (χ3n) is 3.83. The van der Waals surface area contributed by atoms with E-state index in [1.807, 2.05) is 18.2 Å². The largest absolute Gasteiger partial charge is 0.391 e. The Kier molecular flexibility index (Phi) is 4.83. The molecule has 0 spiro atoms. The Morgan fingerprint density at radius 2 is 2.16 bits per heavy atom. The summed E-state index contributed by atoms with van der Waals surface area (Å²) in [6.07, 6.45) is 3.76. The van der Waals surface area contributed by atoms with Gasteiger partial charge in [-0.15, -0.1) is 0 Å². The number of aliphatic hydroxyl groups excluding tert-OH is 1. The first-order chi connectivity index (χ1) is 9.08. The van der Waals surface area contributed by atoms with Crippen LogP contribution >= 0.6 is 11.6 Å². The molecular formula is C15H20ClNO2. The maximum atomic E-state index is 12.2. The summed E-state index contributed by atoms with van der Waals surface area (Å²) in [7, 11) is 1.78. The SMILES string of the molecule is CN(C(=O)Cc1cccc(Cl)c1)[C@H]1CCCC[C@H]1O. The predicted octanol–water partition coefficient (Wildman–Crippen LogP) is 2.64. The molecule has 2 rings (SSSR count). The van der Waals surface area contributed by atoms with Gasteiger partial charge < -0.3 is 10.0 Å². The van der Waals surface area contributed by atoms with E-state index in [1.165, 1.54) is 0 Å². The molecule has 0 saturated heterocycles. The number of hydrogen-bond acceptors (Lipinski definition) is 2. The first-order valence-electron chi connectivity index (χ1n) is 6.76. The number of halogens is 1. The van der Waals surface area contributed by atoms with Crippen molar-refractivity contribution in [2.75, 3.05) is 7.05 Å². The zero-order valence-corrected chi connectivity index (χ0v) is 11.9. The van der Waals surface area contributed by atoms with Crippen molar-refractivity contribution in [1.82, 2.24) is 4.90 Å². The maximum Gasteiger partial charge on any atom is 0.227 e. The molecule has 0 radical (unpaired) electrons. The molecule has 1 aliphatic rings. The van der Waals surface area contributed by atoms with Crippen LogP contribution in [0.5, 0.6) is 0 Å². The molecule has 104 valence electrons. The maximum absolute atomic E-state index is 12.2. The fourth-order valence-electron chi connectivity index (χ4n) is 2.67. The van der Waals surface area contributed by atoms with Crippen LogP contribution in [-0.2, 0) is 11.2 Å². The lowest BCUT2D eigenvalue weighted by molar-refractivity contribution is -0.134. The Morgan fingerprint density at radius 3 is 2.84 bits per heavy atom. The van der Waals surface area contributed by atoms with Crippen molar-refractivity contribution in [3.63, 3.8) is 0 Å². The first kappa shape index (κ1) is 14.4. The highest BCUT2D eigenvalue weighted by Gasteiger charge is 2.29. The molecule has 0 bridgehead atoms. The zero-order chi connectivity index (χ0) is 13.8. The lowest BCUT2D eigenvalue weighted by atomic mass is 9.91. The predicted molar refractivity (Wildman–Crippen MR) is 76.2 cm³/mol. The van der Waals surface area contributed by atoms with Gasteiger partial charge >= 0.3 is 0 Å². The van der Waals surface area contributed by atoms with Crippen LogP contribution in [0.4, 0.5) is 0 Å². The molecule has 0 aliphatic heterocycles. The molecule has 0 aromatic heterocycles. The van der Waals surface area contributed by atoms with Crippen molar-refractivity contribution in [3.8, 4) is 0 Å². The Hall–Kier alpha value is -1.06.